The van der Waals surface area contributed by atoms with Crippen LogP contribution in [0.2, 0.25) is 0 Å². The van der Waals surface area contributed by atoms with Crippen LogP contribution in [0.4, 0.5) is 14.5 Å². The van der Waals surface area contributed by atoms with Crippen molar-refractivity contribution < 1.29 is 18.7 Å². The topological polar surface area (TPSA) is 43.8 Å². The zero-order valence-electron chi connectivity index (χ0n) is 11.4. The first-order chi connectivity index (χ1) is 9.54. The minimum absolute atomic E-state index is 0.142. The van der Waals surface area contributed by atoms with Crippen LogP contribution < -0.4 is 4.90 Å². The van der Waals surface area contributed by atoms with E-state index in [2.05, 4.69) is 11.8 Å². The van der Waals surface area contributed by atoms with E-state index >= 15 is 0 Å². The van der Waals surface area contributed by atoms with Gasteiger partial charge in [0.15, 0.2) is 11.6 Å². The van der Waals surface area contributed by atoms with Crippen LogP contribution in [-0.2, 0) is 0 Å². The average Bonchev–Trinajstić information content (AvgIpc) is 2.43. The van der Waals surface area contributed by atoms with Crippen LogP contribution in [0.1, 0.15) is 23.7 Å². The smallest absolute Gasteiger partial charge is 0.338 e. The number of halogens is 2. The van der Waals surface area contributed by atoms with Crippen molar-refractivity contribution in [2.45, 2.75) is 13.3 Å². The summed E-state index contributed by atoms with van der Waals surface area (Å²) in [5, 5.41) is 8.76. The molecule has 2 rings (SSSR count). The SMILES string of the molecule is CCCN1CCN(c2ccc(C(=O)O)c(F)c2F)CC1. The first-order valence-electron chi connectivity index (χ1n) is 6.73. The van der Waals surface area contributed by atoms with Gasteiger partial charge in [0.05, 0.1) is 11.3 Å². The van der Waals surface area contributed by atoms with Gasteiger partial charge < -0.3 is 10.0 Å². The van der Waals surface area contributed by atoms with Gasteiger partial charge in [0, 0.05) is 26.2 Å². The fourth-order valence-corrected chi connectivity index (χ4v) is 2.48. The molecule has 0 atom stereocenters. The Hall–Kier alpha value is -1.69. The van der Waals surface area contributed by atoms with Crippen molar-refractivity contribution in [2.75, 3.05) is 37.6 Å². The molecule has 0 spiro atoms. The number of nitrogens with zero attached hydrogens (tertiary/aromatic N) is 2. The lowest BCUT2D eigenvalue weighted by Gasteiger charge is -2.36. The van der Waals surface area contributed by atoms with Crippen molar-refractivity contribution in [1.82, 2.24) is 4.90 Å². The molecule has 1 aliphatic rings. The minimum atomic E-state index is -1.46. The number of hydrogen-bond acceptors (Lipinski definition) is 3. The molecule has 4 nitrogen and oxygen atoms in total. The maximum absolute atomic E-state index is 14.0. The highest BCUT2D eigenvalue weighted by Crippen LogP contribution is 2.25. The number of aromatic carboxylic acids is 1. The van der Waals surface area contributed by atoms with Crippen molar-refractivity contribution in [1.29, 1.82) is 0 Å². The molecular weight excluding hydrogens is 266 g/mol. The second kappa shape index (κ2) is 6.17. The summed E-state index contributed by atoms with van der Waals surface area (Å²) >= 11 is 0. The van der Waals surface area contributed by atoms with Gasteiger partial charge in [-0.3, -0.25) is 4.90 Å². The minimum Gasteiger partial charge on any atom is -0.478 e. The van der Waals surface area contributed by atoms with Gasteiger partial charge in [-0.15, -0.1) is 0 Å². The molecule has 1 saturated heterocycles. The van der Waals surface area contributed by atoms with E-state index in [9.17, 15) is 13.6 Å². The third-order valence-electron chi connectivity index (χ3n) is 3.55. The lowest BCUT2D eigenvalue weighted by molar-refractivity contribution is 0.0690. The molecule has 0 radical (unpaired) electrons. The summed E-state index contributed by atoms with van der Waals surface area (Å²) in [6.07, 6.45) is 1.07. The van der Waals surface area contributed by atoms with Crippen molar-refractivity contribution in [2.24, 2.45) is 0 Å². The van der Waals surface area contributed by atoms with E-state index in [1.165, 1.54) is 6.07 Å². The average molecular weight is 284 g/mol. The summed E-state index contributed by atoms with van der Waals surface area (Å²) in [4.78, 5) is 14.8. The number of carboxylic acids is 1. The standard InChI is InChI=1S/C14H18F2N2O2/c1-2-5-17-6-8-18(9-7-17)11-4-3-10(14(19)20)12(15)13(11)16/h3-4H,2,5-9H2,1H3,(H,19,20). The fourth-order valence-electron chi connectivity index (χ4n) is 2.48. The summed E-state index contributed by atoms with van der Waals surface area (Å²) in [7, 11) is 0. The fraction of sp³-hybridized carbons (Fsp3) is 0.500. The van der Waals surface area contributed by atoms with Gasteiger partial charge in [-0.2, -0.15) is 0 Å². The molecule has 20 heavy (non-hydrogen) atoms. The monoisotopic (exact) mass is 284 g/mol. The van der Waals surface area contributed by atoms with E-state index in [0.29, 0.717) is 13.1 Å². The van der Waals surface area contributed by atoms with Crippen molar-refractivity contribution in [3.63, 3.8) is 0 Å². The Balaban J connectivity index is 2.15. The molecule has 1 aromatic rings. The second-order valence-electron chi connectivity index (χ2n) is 4.89. The molecule has 1 N–H and O–H groups in total. The lowest BCUT2D eigenvalue weighted by Crippen LogP contribution is -2.46. The molecule has 1 aliphatic heterocycles. The first kappa shape index (κ1) is 14.7. The molecule has 110 valence electrons. The van der Waals surface area contributed by atoms with Gasteiger partial charge in [-0.1, -0.05) is 6.92 Å². The molecule has 1 heterocycles. The number of carboxylic acid groups (broad SMARTS) is 1. The summed E-state index contributed by atoms with van der Waals surface area (Å²) < 4.78 is 27.6. The third-order valence-corrected chi connectivity index (χ3v) is 3.55. The Morgan fingerprint density at radius 1 is 1.20 bits per heavy atom. The lowest BCUT2D eigenvalue weighted by atomic mass is 10.1. The molecular formula is C14H18F2N2O2. The number of carbonyl (C=O) groups is 1. The highest BCUT2D eigenvalue weighted by atomic mass is 19.2. The number of benzene rings is 1. The molecule has 0 saturated carbocycles. The van der Waals surface area contributed by atoms with E-state index < -0.39 is 23.2 Å². The van der Waals surface area contributed by atoms with E-state index in [-0.39, 0.29) is 5.69 Å². The van der Waals surface area contributed by atoms with Gasteiger partial charge in [0.2, 0.25) is 0 Å². The summed E-state index contributed by atoms with van der Waals surface area (Å²) in [5.41, 5.74) is -0.487. The van der Waals surface area contributed by atoms with Crippen LogP contribution in [0, 0.1) is 11.6 Å². The summed E-state index contributed by atoms with van der Waals surface area (Å²) in [6, 6.07) is 2.46. The van der Waals surface area contributed by atoms with Crippen LogP contribution in [0.3, 0.4) is 0 Å². The predicted octanol–water partition coefficient (Wildman–Crippen LogP) is 2.20. The molecule has 0 aromatic heterocycles. The van der Waals surface area contributed by atoms with E-state index in [1.54, 1.807) is 4.90 Å². The van der Waals surface area contributed by atoms with Gasteiger partial charge in [-0.05, 0) is 25.1 Å². The van der Waals surface area contributed by atoms with Gasteiger partial charge in [-0.25, -0.2) is 13.6 Å². The highest BCUT2D eigenvalue weighted by Gasteiger charge is 2.23. The molecule has 1 aromatic carbocycles. The molecule has 0 unspecified atom stereocenters. The molecule has 0 amide bonds. The maximum Gasteiger partial charge on any atom is 0.338 e. The van der Waals surface area contributed by atoms with Crippen LogP contribution >= 0.6 is 0 Å². The van der Waals surface area contributed by atoms with Gasteiger partial charge >= 0.3 is 5.97 Å². The van der Waals surface area contributed by atoms with Crippen molar-refractivity contribution >= 4 is 11.7 Å². The number of rotatable bonds is 4. The predicted molar refractivity (Wildman–Crippen MR) is 72.3 cm³/mol. The van der Waals surface area contributed by atoms with E-state index in [0.717, 1.165) is 32.1 Å². The van der Waals surface area contributed by atoms with Gasteiger partial charge in [0.1, 0.15) is 0 Å². The Morgan fingerprint density at radius 2 is 1.85 bits per heavy atom. The van der Waals surface area contributed by atoms with Crippen molar-refractivity contribution in [3.8, 4) is 0 Å². The normalized spacial score (nSPS) is 16.4. The number of hydrogen-bond donors (Lipinski definition) is 1. The van der Waals surface area contributed by atoms with E-state index in [4.69, 9.17) is 5.11 Å². The molecule has 0 bridgehead atoms. The van der Waals surface area contributed by atoms with Crippen molar-refractivity contribution in [3.05, 3.63) is 29.3 Å². The zero-order chi connectivity index (χ0) is 14.7. The summed E-state index contributed by atoms with van der Waals surface area (Å²) in [5.74, 6) is -3.82. The van der Waals surface area contributed by atoms with Crippen LogP contribution in [0.15, 0.2) is 12.1 Å². The van der Waals surface area contributed by atoms with Crippen LogP contribution in [0.25, 0.3) is 0 Å². The number of piperazine rings is 1. The quantitative estimate of drug-likeness (QED) is 0.920. The Bertz CT molecular complexity index is 500. The second-order valence-corrected chi connectivity index (χ2v) is 4.89. The highest BCUT2D eigenvalue weighted by molar-refractivity contribution is 5.88. The first-order valence-corrected chi connectivity index (χ1v) is 6.73. The van der Waals surface area contributed by atoms with Crippen LogP contribution in [-0.4, -0.2) is 48.7 Å². The third kappa shape index (κ3) is 2.90. The maximum atomic E-state index is 14.0. The van der Waals surface area contributed by atoms with E-state index in [1.807, 2.05) is 0 Å². The Labute approximate surface area is 116 Å². The molecule has 1 fully saturated rings. The zero-order valence-corrected chi connectivity index (χ0v) is 11.4. The van der Waals surface area contributed by atoms with Crippen LogP contribution in [0.5, 0.6) is 0 Å². The Morgan fingerprint density at radius 3 is 2.40 bits per heavy atom. The number of anilines is 1. The molecule has 0 aliphatic carbocycles. The summed E-state index contributed by atoms with van der Waals surface area (Å²) in [6.45, 7) is 5.94. The van der Waals surface area contributed by atoms with Gasteiger partial charge in [0.25, 0.3) is 0 Å². The molecule has 6 heteroatoms. The Kier molecular flexibility index (Phi) is 4.54. The largest absolute Gasteiger partial charge is 0.478 e.